The van der Waals surface area contributed by atoms with Gasteiger partial charge in [0, 0.05) is 33.2 Å². The number of benzene rings is 1. The van der Waals surface area contributed by atoms with E-state index in [1.165, 1.54) is 0 Å². The third kappa shape index (κ3) is 5.64. The fourth-order valence-electron chi connectivity index (χ4n) is 3.20. The Balaban J connectivity index is 1.91. The molecule has 6 nitrogen and oxygen atoms in total. The Kier molecular flexibility index (Phi) is 7.30. The van der Waals surface area contributed by atoms with Crippen LogP contribution in [-0.2, 0) is 11.3 Å². The Hall–Kier alpha value is -2.24. The van der Waals surface area contributed by atoms with Crippen molar-refractivity contribution < 1.29 is 14.3 Å². The molecule has 1 heterocycles. The van der Waals surface area contributed by atoms with Crippen LogP contribution in [0.4, 0.5) is 4.79 Å². The molecule has 1 saturated heterocycles. The second-order valence-corrected chi connectivity index (χ2v) is 7.41. The lowest BCUT2D eigenvalue weighted by atomic mass is 9.96. The fraction of sp³-hybridized carbons (Fsp3) is 0.600. The molecule has 0 aromatic heterocycles. The zero-order valence-corrected chi connectivity index (χ0v) is 16.3. The van der Waals surface area contributed by atoms with Crippen LogP contribution >= 0.6 is 0 Å². The van der Waals surface area contributed by atoms with Crippen molar-refractivity contribution in [2.24, 2.45) is 11.8 Å². The number of hydrogen-bond donors (Lipinski definition) is 1. The predicted molar refractivity (Wildman–Crippen MR) is 102 cm³/mol. The third-order valence-electron chi connectivity index (χ3n) is 4.65. The van der Waals surface area contributed by atoms with E-state index in [9.17, 15) is 9.59 Å². The number of nitrogens with one attached hydrogen (secondary N) is 1. The Labute approximate surface area is 156 Å². The van der Waals surface area contributed by atoms with E-state index in [-0.39, 0.29) is 17.9 Å². The third-order valence-corrected chi connectivity index (χ3v) is 4.65. The summed E-state index contributed by atoms with van der Waals surface area (Å²) in [4.78, 5) is 28.6. The summed E-state index contributed by atoms with van der Waals surface area (Å²) in [5.74, 6) is 1.16. The topological polar surface area (TPSA) is 61.9 Å². The van der Waals surface area contributed by atoms with Gasteiger partial charge in [-0.2, -0.15) is 0 Å². The molecule has 144 valence electrons. The van der Waals surface area contributed by atoms with Crippen molar-refractivity contribution in [1.82, 2.24) is 15.1 Å². The summed E-state index contributed by atoms with van der Waals surface area (Å²) in [7, 11) is 3.45. The van der Waals surface area contributed by atoms with Gasteiger partial charge in [-0.05, 0) is 36.5 Å². The average molecular weight is 361 g/mol. The summed E-state index contributed by atoms with van der Waals surface area (Å²) in [5, 5.41) is 2.94. The fourth-order valence-corrected chi connectivity index (χ4v) is 3.20. The van der Waals surface area contributed by atoms with Gasteiger partial charge in [0.15, 0.2) is 0 Å². The normalized spacial score (nSPS) is 17.1. The molecule has 2 rings (SSSR count). The smallest absolute Gasteiger partial charge is 0.317 e. The molecule has 6 heteroatoms. The molecule has 0 radical (unpaired) electrons. The molecule has 1 aromatic rings. The van der Waals surface area contributed by atoms with Crippen LogP contribution in [0, 0.1) is 11.8 Å². The minimum absolute atomic E-state index is 0.0633. The first kappa shape index (κ1) is 20.1. The van der Waals surface area contributed by atoms with E-state index in [0.717, 1.165) is 24.2 Å². The van der Waals surface area contributed by atoms with Gasteiger partial charge in [0.1, 0.15) is 5.75 Å². The van der Waals surface area contributed by atoms with Gasteiger partial charge in [-0.15, -0.1) is 0 Å². The number of rotatable bonds is 6. The molecule has 0 spiro atoms. The van der Waals surface area contributed by atoms with Gasteiger partial charge in [-0.25, -0.2) is 4.79 Å². The van der Waals surface area contributed by atoms with E-state index in [2.05, 4.69) is 19.2 Å². The van der Waals surface area contributed by atoms with Crippen LogP contribution in [0.25, 0.3) is 0 Å². The van der Waals surface area contributed by atoms with Crippen molar-refractivity contribution in [2.45, 2.75) is 33.2 Å². The van der Waals surface area contributed by atoms with Crippen LogP contribution in [0.3, 0.4) is 0 Å². The highest BCUT2D eigenvalue weighted by Crippen LogP contribution is 2.20. The van der Waals surface area contributed by atoms with E-state index < -0.39 is 0 Å². The molecule has 1 N–H and O–H groups in total. The molecule has 1 aromatic carbocycles. The van der Waals surface area contributed by atoms with Crippen molar-refractivity contribution in [3.8, 4) is 5.75 Å². The maximum absolute atomic E-state index is 12.8. The van der Waals surface area contributed by atoms with E-state index in [1.807, 2.05) is 31.3 Å². The molecule has 1 aliphatic rings. The molecule has 1 atom stereocenters. The number of hydrogen-bond acceptors (Lipinski definition) is 3. The number of carbonyl (C=O) groups is 2. The van der Waals surface area contributed by atoms with Crippen LogP contribution in [0.15, 0.2) is 24.3 Å². The zero-order valence-electron chi connectivity index (χ0n) is 16.3. The van der Waals surface area contributed by atoms with Crippen LogP contribution in [0.1, 0.15) is 32.3 Å². The molecular formula is C20H31N3O3. The number of carbonyl (C=O) groups excluding carboxylic acids is 2. The second-order valence-electron chi connectivity index (χ2n) is 7.41. The van der Waals surface area contributed by atoms with Crippen LogP contribution in [-0.4, -0.2) is 55.5 Å². The lowest BCUT2D eigenvalue weighted by Crippen LogP contribution is -2.49. The quantitative estimate of drug-likeness (QED) is 0.847. The summed E-state index contributed by atoms with van der Waals surface area (Å²) in [5.41, 5.74) is 1.03. The Morgan fingerprint density at radius 3 is 2.85 bits per heavy atom. The second kappa shape index (κ2) is 9.46. The Morgan fingerprint density at radius 1 is 1.38 bits per heavy atom. The minimum atomic E-state index is -0.135. The zero-order chi connectivity index (χ0) is 19.1. The first-order valence-corrected chi connectivity index (χ1v) is 9.31. The van der Waals surface area contributed by atoms with Crippen LogP contribution in [0.2, 0.25) is 0 Å². The van der Waals surface area contributed by atoms with Gasteiger partial charge in [0.2, 0.25) is 5.91 Å². The monoisotopic (exact) mass is 361 g/mol. The number of ether oxygens (including phenoxy) is 1. The number of likely N-dealkylation sites (tertiary alicyclic amines) is 1. The van der Waals surface area contributed by atoms with Crippen LogP contribution in [0.5, 0.6) is 5.75 Å². The molecule has 0 bridgehead atoms. The first-order valence-electron chi connectivity index (χ1n) is 9.31. The van der Waals surface area contributed by atoms with Gasteiger partial charge in [0.05, 0.1) is 13.0 Å². The van der Waals surface area contributed by atoms with E-state index in [4.69, 9.17) is 4.74 Å². The summed E-state index contributed by atoms with van der Waals surface area (Å²) in [6, 6.07) is 7.68. The molecule has 1 fully saturated rings. The summed E-state index contributed by atoms with van der Waals surface area (Å²) >= 11 is 0. The predicted octanol–water partition coefficient (Wildman–Crippen LogP) is 2.73. The summed E-state index contributed by atoms with van der Waals surface area (Å²) in [6.45, 7) is 6.53. The molecule has 1 unspecified atom stereocenters. The highest BCUT2D eigenvalue weighted by molar-refractivity contribution is 5.80. The molecule has 0 saturated carbocycles. The summed E-state index contributed by atoms with van der Waals surface area (Å²) in [6.07, 6.45) is 1.69. The Bertz CT molecular complexity index is 618. The highest BCUT2D eigenvalue weighted by Gasteiger charge is 2.30. The largest absolute Gasteiger partial charge is 0.497 e. The van der Waals surface area contributed by atoms with Crippen molar-refractivity contribution in [3.63, 3.8) is 0 Å². The van der Waals surface area contributed by atoms with Crippen molar-refractivity contribution in [1.29, 1.82) is 0 Å². The maximum atomic E-state index is 12.8. The standard InChI is InChI=1S/C20H31N3O3/c1-15(2)12-21-20(25)23-10-6-8-17(14-23)19(24)22(3)13-16-7-5-9-18(11-16)26-4/h5,7,9,11,15,17H,6,8,10,12-14H2,1-4H3,(H,21,25). The van der Waals surface area contributed by atoms with Gasteiger partial charge >= 0.3 is 6.03 Å². The molecule has 3 amide bonds. The highest BCUT2D eigenvalue weighted by atomic mass is 16.5. The SMILES string of the molecule is COc1cccc(CN(C)C(=O)C2CCCN(C(=O)NCC(C)C)C2)c1. The van der Waals surface area contributed by atoms with Gasteiger partial charge < -0.3 is 19.9 Å². The average Bonchev–Trinajstić information content (AvgIpc) is 2.65. The van der Waals surface area contributed by atoms with Crippen LogP contribution < -0.4 is 10.1 Å². The van der Waals surface area contributed by atoms with E-state index in [0.29, 0.717) is 32.1 Å². The number of urea groups is 1. The number of methoxy groups -OCH3 is 1. The van der Waals surface area contributed by atoms with E-state index >= 15 is 0 Å². The minimum Gasteiger partial charge on any atom is -0.497 e. The van der Waals surface area contributed by atoms with Crippen molar-refractivity contribution in [2.75, 3.05) is 33.8 Å². The van der Waals surface area contributed by atoms with Crippen molar-refractivity contribution >= 4 is 11.9 Å². The van der Waals surface area contributed by atoms with Crippen molar-refractivity contribution in [3.05, 3.63) is 29.8 Å². The lowest BCUT2D eigenvalue weighted by Gasteiger charge is -2.34. The van der Waals surface area contributed by atoms with E-state index in [1.54, 1.807) is 16.9 Å². The summed E-state index contributed by atoms with van der Waals surface area (Å²) < 4.78 is 5.24. The molecule has 1 aliphatic heterocycles. The van der Waals surface area contributed by atoms with Gasteiger partial charge in [-0.3, -0.25) is 4.79 Å². The maximum Gasteiger partial charge on any atom is 0.317 e. The van der Waals surface area contributed by atoms with Gasteiger partial charge in [-0.1, -0.05) is 26.0 Å². The molecular weight excluding hydrogens is 330 g/mol. The lowest BCUT2D eigenvalue weighted by molar-refractivity contribution is -0.136. The Morgan fingerprint density at radius 2 is 2.15 bits per heavy atom. The van der Waals surface area contributed by atoms with Gasteiger partial charge in [0.25, 0.3) is 0 Å². The number of nitrogens with zero attached hydrogens (tertiary/aromatic N) is 2. The number of amides is 3. The molecule has 0 aliphatic carbocycles. The number of piperidine rings is 1. The molecule has 26 heavy (non-hydrogen) atoms. The first-order chi connectivity index (χ1) is 12.4.